The quantitative estimate of drug-likeness (QED) is 0.202. The lowest BCUT2D eigenvalue weighted by Gasteiger charge is -2.34. The molecule has 0 radical (unpaired) electrons. The van der Waals surface area contributed by atoms with E-state index in [0.29, 0.717) is 5.56 Å². The number of alkyl halides is 3. The van der Waals surface area contributed by atoms with Crippen LogP contribution in [0, 0.1) is 6.92 Å². The molecule has 3 heterocycles. The third-order valence-electron chi connectivity index (χ3n) is 6.38. The highest BCUT2D eigenvalue weighted by molar-refractivity contribution is 7.90. The van der Waals surface area contributed by atoms with Crippen molar-refractivity contribution >= 4 is 22.1 Å². The molecule has 236 valence electrons. The van der Waals surface area contributed by atoms with Crippen LogP contribution >= 0.6 is 0 Å². The summed E-state index contributed by atoms with van der Waals surface area (Å²) in [5.74, 6) is -0.454. The van der Waals surface area contributed by atoms with Crippen molar-refractivity contribution in [2.24, 2.45) is 0 Å². The van der Waals surface area contributed by atoms with E-state index in [1.54, 1.807) is 36.2 Å². The predicted octanol–water partition coefficient (Wildman–Crippen LogP) is 3.23. The van der Waals surface area contributed by atoms with Crippen molar-refractivity contribution in [2.75, 3.05) is 18.1 Å². The molecule has 14 nitrogen and oxygen atoms in total. The van der Waals surface area contributed by atoms with Crippen LogP contribution in [-0.4, -0.2) is 65.7 Å². The van der Waals surface area contributed by atoms with Crippen LogP contribution in [-0.2, 0) is 30.5 Å². The van der Waals surface area contributed by atoms with Gasteiger partial charge in [0.2, 0.25) is 0 Å². The normalized spacial score (nSPS) is 14.6. The number of aryl methyl sites for hydroxylation is 1. The average molecular weight is 641 g/mol. The molecule has 44 heavy (non-hydrogen) atoms. The molecule has 18 heteroatoms. The number of esters is 1. The molecule has 5 rings (SSSR count). The van der Waals surface area contributed by atoms with Gasteiger partial charge in [-0.3, -0.25) is 9.80 Å². The van der Waals surface area contributed by atoms with E-state index in [0.717, 1.165) is 33.5 Å². The van der Waals surface area contributed by atoms with E-state index in [-0.39, 0.29) is 35.8 Å². The minimum absolute atomic E-state index is 0.151. The molecule has 0 saturated carbocycles. The molecule has 1 atom stereocenters. The highest BCUT2D eigenvalue weighted by Crippen LogP contribution is 2.33. The summed E-state index contributed by atoms with van der Waals surface area (Å²) in [6.45, 7) is 5.28. The summed E-state index contributed by atoms with van der Waals surface area (Å²) in [5, 5.41) is 6.21. The van der Waals surface area contributed by atoms with Crippen LogP contribution in [0.1, 0.15) is 31.5 Å². The second kappa shape index (κ2) is 11.7. The molecule has 2 aromatic heterocycles. The first-order valence-electron chi connectivity index (χ1n) is 13.2. The van der Waals surface area contributed by atoms with Crippen LogP contribution < -0.4 is 14.6 Å². The average Bonchev–Trinajstić information content (AvgIpc) is 3.51. The van der Waals surface area contributed by atoms with Gasteiger partial charge in [-0.15, -0.1) is 0 Å². The maximum Gasteiger partial charge on any atom is 0.435 e. The first-order valence-corrected chi connectivity index (χ1v) is 14.7. The van der Waals surface area contributed by atoms with Crippen molar-refractivity contribution in [3.8, 4) is 16.9 Å². The molecule has 4 aromatic rings. The molecule has 0 aliphatic carbocycles. The summed E-state index contributed by atoms with van der Waals surface area (Å²) < 4.78 is 84.0. The van der Waals surface area contributed by atoms with Crippen molar-refractivity contribution in [2.45, 2.75) is 50.7 Å². The number of carbonyl (C=O) groups is 2. The number of nitrogens with one attached hydrogen (secondary N) is 1. The molecule has 0 bridgehead atoms. The number of amides is 1. The van der Waals surface area contributed by atoms with Gasteiger partial charge in [-0.1, -0.05) is 36.8 Å². The van der Waals surface area contributed by atoms with Gasteiger partial charge in [0.15, 0.2) is 5.69 Å². The Kier molecular flexibility index (Phi) is 8.11. The SMILES string of the molecule is CCC(=O)OC(C)On1on1N1CC(OC(=O)NS(=O)(=O)c2ccc(-n3nc(C(F)(F)F)cc3-c3ccc(C)cc3)cc2)C1. The van der Waals surface area contributed by atoms with Crippen LogP contribution in [0.5, 0.6) is 0 Å². The van der Waals surface area contributed by atoms with Gasteiger partial charge in [-0.2, -0.15) is 22.9 Å². The van der Waals surface area contributed by atoms with Crippen LogP contribution in [0.3, 0.4) is 0 Å². The predicted molar refractivity (Wildman–Crippen MR) is 144 cm³/mol. The zero-order valence-electron chi connectivity index (χ0n) is 23.5. The Labute approximate surface area is 248 Å². The second-order valence-corrected chi connectivity index (χ2v) is 11.5. The Morgan fingerprint density at radius 1 is 1.11 bits per heavy atom. The zero-order valence-corrected chi connectivity index (χ0v) is 24.3. The van der Waals surface area contributed by atoms with Crippen molar-refractivity contribution in [1.82, 2.24) is 24.5 Å². The van der Waals surface area contributed by atoms with Gasteiger partial charge in [0.05, 0.1) is 34.3 Å². The number of carbonyl (C=O) groups excluding carboxylic acids is 2. The first-order chi connectivity index (χ1) is 20.7. The number of rotatable bonds is 10. The van der Waals surface area contributed by atoms with Gasteiger partial charge < -0.3 is 14.3 Å². The lowest BCUT2D eigenvalue weighted by Crippen LogP contribution is -2.58. The van der Waals surface area contributed by atoms with Crippen LogP contribution in [0.25, 0.3) is 16.9 Å². The molecule has 2 aromatic carbocycles. The summed E-state index contributed by atoms with van der Waals surface area (Å²) in [4.78, 5) is 29.7. The minimum atomic E-state index is -4.70. The lowest BCUT2D eigenvalue weighted by atomic mass is 10.1. The van der Waals surface area contributed by atoms with Crippen molar-refractivity contribution in [3.05, 3.63) is 65.9 Å². The molecule has 1 aliphatic heterocycles. The fourth-order valence-electron chi connectivity index (χ4n) is 4.07. The van der Waals surface area contributed by atoms with Crippen LogP contribution in [0.4, 0.5) is 18.0 Å². The van der Waals surface area contributed by atoms with E-state index in [1.807, 2.05) is 11.6 Å². The van der Waals surface area contributed by atoms with Crippen LogP contribution in [0.2, 0.25) is 0 Å². The number of halogens is 3. The Morgan fingerprint density at radius 2 is 1.77 bits per heavy atom. The Bertz CT molecular complexity index is 1730. The molecule has 1 saturated heterocycles. The summed E-state index contributed by atoms with van der Waals surface area (Å²) in [6.07, 6.45) is -7.31. The van der Waals surface area contributed by atoms with Crippen molar-refractivity contribution in [3.63, 3.8) is 0 Å². The van der Waals surface area contributed by atoms with E-state index in [2.05, 4.69) is 5.10 Å². The molecule has 1 aliphatic rings. The highest BCUT2D eigenvalue weighted by atomic mass is 32.2. The third-order valence-corrected chi connectivity index (χ3v) is 7.71. The number of aromatic nitrogens is 4. The fraction of sp³-hybridized carbons (Fsp3) is 0.346. The minimum Gasteiger partial charge on any atom is -0.442 e. The molecule has 1 unspecified atom stereocenters. The van der Waals surface area contributed by atoms with Gasteiger partial charge >= 0.3 is 18.2 Å². The van der Waals surface area contributed by atoms with E-state index >= 15 is 0 Å². The Balaban J connectivity index is 1.18. The molecular formula is C26H27F3N6O8S. The Morgan fingerprint density at radius 3 is 2.39 bits per heavy atom. The summed E-state index contributed by atoms with van der Waals surface area (Å²) in [7, 11) is -4.38. The Hall–Kier alpha value is -4.87. The first kappa shape index (κ1) is 30.6. The summed E-state index contributed by atoms with van der Waals surface area (Å²) >= 11 is 0. The van der Waals surface area contributed by atoms with Crippen molar-refractivity contribution < 1.29 is 50.1 Å². The van der Waals surface area contributed by atoms with Gasteiger partial charge in [0.25, 0.3) is 16.3 Å². The number of benzene rings is 2. The lowest BCUT2D eigenvalue weighted by molar-refractivity contribution is -0.181. The number of sulfonamides is 1. The zero-order chi connectivity index (χ0) is 31.8. The van der Waals surface area contributed by atoms with Gasteiger partial charge in [0, 0.05) is 18.9 Å². The van der Waals surface area contributed by atoms with Gasteiger partial charge in [-0.05, 0) is 37.3 Å². The van der Waals surface area contributed by atoms with E-state index in [9.17, 15) is 31.2 Å². The summed E-state index contributed by atoms with van der Waals surface area (Å²) in [6, 6.07) is 12.5. The van der Waals surface area contributed by atoms with Gasteiger partial charge in [0.1, 0.15) is 11.1 Å². The summed E-state index contributed by atoms with van der Waals surface area (Å²) in [5.41, 5.74) is 0.606. The molecular weight excluding hydrogens is 613 g/mol. The third kappa shape index (κ3) is 6.85. The smallest absolute Gasteiger partial charge is 0.435 e. The molecule has 1 fully saturated rings. The number of hydrogen-bond acceptors (Lipinski definition) is 10. The fourth-order valence-corrected chi connectivity index (χ4v) is 4.95. The van der Waals surface area contributed by atoms with E-state index in [4.69, 9.17) is 18.9 Å². The molecule has 1 N–H and O–H groups in total. The topological polar surface area (TPSA) is 152 Å². The van der Waals surface area contributed by atoms with E-state index < -0.39 is 46.4 Å². The second-order valence-electron chi connectivity index (χ2n) is 9.78. The monoisotopic (exact) mass is 640 g/mol. The van der Waals surface area contributed by atoms with Crippen molar-refractivity contribution in [1.29, 1.82) is 0 Å². The number of nitrogens with zero attached hydrogens (tertiary/aromatic N) is 5. The van der Waals surface area contributed by atoms with Crippen LogP contribution in [0.15, 0.2) is 64.1 Å². The maximum absolute atomic E-state index is 13.5. The number of ether oxygens (including phenoxy) is 2. The number of hydrogen-bond donors (Lipinski definition) is 1. The maximum atomic E-state index is 13.5. The largest absolute Gasteiger partial charge is 0.442 e. The molecule has 0 spiro atoms. The van der Waals surface area contributed by atoms with E-state index in [1.165, 1.54) is 24.0 Å². The molecule has 1 amide bonds. The standard InChI is InChI=1S/C26H27F3N6O8S/c1-4-24(36)40-17(3)42-35-34(43-35)32-14-20(15-32)41-25(37)31-44(38,39)21-11-9-19(10-12-21)33-22(13-23(30-33)26(27,28)29)18-7-5-16(2)6-8-18/h5-13,17,20H,4,14-15H2,1-3H3,(H,31,37). The van der Waals surface area contributed by atoms with Gasteiger partial charge in [-0.25, -0.2) is 22.6 Å². The highest BCUT2D eigenvalue weighted by Gasteiger charge is 2.38.